The van der Waals surface area contributed by atoms with Crippen LogP contribution >= 0.6 is 27.7 Å². The first-order chi connectivity index (χ1) is 7.76. The first kappa shape index (κ1) is 11.3. The zero-order valence-corrected chi connectivity index (χ0v) is 10.9. The molecule has 4 nitrogen and oxygen atoms in total. The van der Waals surface area contributed by atoms with E-state index in [4.69, 9.17) is 4.74 Å². The van der Waals surface area contributed by atoms with Gasteiger partial charge in [0.1, 0.15) is 5.75 Å². The molecule has 16 heavy (non-hydrogen) atoms. The molecule has 0 N–H and O–H groups in total. The fourth-order valence-electron chi connectivity index (χ4n) is 1.35. The van der Waals surface area contributed by atoms with Crippen LogP contribution in [0.2, 0.25) is 0 Å². The van der Waals surface area contributed by atoms with Gasteiger partial charge in [0, 0.05) is 9.94 Å². The molecule has 0 spiro atoms. The zero-order valence-electron chi connectivity index (χ0n) is 8.51. The summed E-state index contributed by atoms with van der Waals surface area (Å²) < 4.78 is 10.0. The highest BCUT2D eigenvalue weighted by molar-refractivity contribution is 9.08. The first-order valence-electron chi connectivity index (χ1n) is 4.55. The second-order valence-electron chi connectivity index (χ2n) is 3.09. The van der Waals surface area contributed by atoms with Gasteiger partial charge in [-0.2, -0.15) is 4.12 Å². The molecule has 6 heteroatoms. The highest BCUT2D eigenvalue weighted by Crippen LogP contribution is 2.24. The third-order valence-electron chi connectivity index (χ3n) is 2.19. The van der Waals surface area contributed by atoms with Crippen molar-refractivity contribution < 1.29 is 8.86 Å². The van der Waals surface area contributed by atoms with Gasteiger partial charge in [0.2, 0.25) is 5.69 Å². The molecule has 0 aliphatic carbocycles. The molecule has 2 aromatic rings. The number of hydrogen-bond donors (Lipinski definition) is 0. The highest BCUT2D eigenvalue weighted by atomic mass is 79.9. The lowest BCUT2D eigenvalue weighted by Crippen LogP contribution is -2.24. The van der Waals surface area contributed by atoms with Crippen LogP contribution in [0.5, 0.6) is 5.75 Å². The SMILES string of the molecule is COc1ccc(-c2ns[n+]([O-])c2CBr)cc1. The molecule has 0 atom stereocenters. The molecule has 0 aliphatic rings. The summed E-state index contributed by atoms with van der Waals surface area (Å²) in [6.45, 7) is 0. The molecular formula is C10H9BrN2O2S. The number of benzene rings is 1. The maximum Gasteiger partial charge on any atom is 0.281 e. The lowest BCUT2D eigenvalue weighted by atomic mass is 10.1. The number of methoxy groups -OCH3 is 1. The van der Waals surface area contributed by atoms with Crippen LogP contribution in [0.3, 0.4) is 0 Å². The van der Waals surface area contributed by atoms with Gasteiger partial charge in [-0.15, -0.1) is 0 Å². The maximum atomic E-state index is 11.4. The van der Waals surface area contributed by atoms with E-state index in [1.807, 2.05) is 24.3 Å². The number of aromatic nitrogens is 2. The summed E-state index contributed by atoms with van der Waals surface area (Å²) in [6, 6.07) is 7.48. The number of rotatable bonds is 3. The molecular weight excluding hydrogens is 292 g/mol. The second kappa shape index (κ2) is 4.80. The van der Waals surface area contributed by atoms with E-state index in [1.165, 1.54) is 0 Å². The third-order valence-corrected chi connectivity index (χ3v) is 3.35. The quantitative estimate of drug-likeness (QED) is 0.497. The molecule has 0 radical (unpaired) electrons. The highest BCUT2D eigenvalue weighted by Gasteiger charge is 2.19. The average molecular weight is 301 g/mol. The topological polar surface area (TPSA) is 49.1 Å². The molecule has 0 amide bonds. The standard InChI is InChI=1S/C10H9BrN2O2S/c1-15-8-4-2-7(3-5-8)10-9(6-11)13(14)16-12-10/h2-5H,6H2,1H3. The fourth-order valence-corrected chi connectivity index (χ4v) is 2.62. The molecule has 0 saturated heterocycles. The van der Waals surface area contributed by atoms with Gasteiger partial charge in [0.05, 0.1) is 12.4 Å². The van der Waals surface area contributed by atoms with Gasteiger partial charge in [-0.1, -0.05) is 15.9 Å². The number of halogens is 1. The Morgan fingerprint density at radius 2 is 2.12 bits per heavy atom. The summed E-state index contributed by atoms with van der Waals surface area (Å²) in [4.78, 5) is 0. The van der Waals surface area contributed by atoms with Gasteiger partial charge in [-0.3, -0.25) is 0 Å². The molecule has 0 bridgehead atoms. The van der Waals surface area contributed by atoms with E-state index in [2.05, 4.69) is 20.3 Å². The normalized spacial score (nSPS) is 10.4. The summed E-state index contributed by atoms with van der Waals surface area (Å²) in [7, 11) is 1.62. The Bertz CT molecular complexity index is 484. The van der Waals surface area contributed by atoms with E-state index in [0.29, 0.717) is 11.0 Å². The van der Waals surface area contributed by atoms with Crippen LogP contribution in [-0.2, 0) is 5.33 Å². The Morgan fingerprint density at radius 3 is 2.69 bits per heavy atom. The van der Waals surface area contributed by atoms with Crippen molar-refractivity contribution in [2.45, 2.75) is 5.33 Å². The van der Waals surface area contributed by atoms with E-state index in [0.717, 1.165) is 32.9 Å². The van der Waals surface area contributed by atoms with Crippen LogP contribution < -0.4 is 8.86 Å². The van der Waals surface area contributed by atoms with Crippen LogP contribution in [0, 0.1) is 5.21 Å². The van der Waals surface area contributed by atoms with E-state index in [-0.39, 0.29) is 0 Å². The van der Waals surface area contributed by atoms with Crippen molar-refractivity contribution in [1.29, 1.82) is 0 Å². The first-order valence-corrected chi connectivity index (χ1v) is 6.40. The zero-order chi connectivity index (χ0) is 11.5. The van der Waals surface area contributed by atoms with Crippen molar-refractivity contribution in [3.8, 4) is 17.0 Å². The third kappa shape index (κ3) is 2.03. The van der Waals surface area contributed by atoms with Crippen molar-refractivity contribution in [2.75, 3.05) is 7.11 Å². The molecule has 0 aliphatic heterocycles. The molecule has 2 rings (SSSR count). The summed E-state index contributed by atoms with van der Waals surface area (Å²) >= 11 is 4.20. The van der Waals surface area contributed by atoms with E-state index < -0.39 is 0 Å². The lowest BCUT2D eigenvalue weighted by Gasteiger charge is -2.00. The minimum atomic E-state index is 0.494. The van der Waals surface area contributed by atoms with Crippen molar-refractivity contribution >= 4 is 27.7 Å². The lowest BCUT2D eigenvalue weighted by molar-refractivity contribution is -0.537. The minimum Gasteiger partial charge on any atom is -0.700 e. The minimum absolute atomic E-state index is 0.494. The van der Waals surface area contributed by atoms with E-state index in [1.54, 1.807) is 7.11 Å². The van der Waals surface area contributed by atoms with Gasteiger partial charge in [-0.05, 0) is 24.3 Å². The van der Waals surface area contributed by atoms with Gasteiger partial charge < -0.3 is 9.94 Å². The molecule has 0 fully saturated rings. The summed E-state index contributed by atoms with van der Waals surface area (Å²) in [5, 5.41) is 11.9. The number of ether oxygens (including phenoxy) is 1. The molecule has 84 valence electrons. The van der Waals surface area contributed by atoms with Crippen LogP contribution in [0.4, 0.5) is 0 Å². The Morgan fingerprint density at radius 1 is 1.44 bits per heavy atom. The van der Waals surface area contributed by atoms with Crippen LogP contribution in [0.1, 0.15) is 5.69 Å². The van der Waals surface area contributed by atoms with Crippen LogP contribution in [0.15, 0.2) is 24.3 Å². The van der Waals surface area contributed by atoms with Gasteiger partial charge >= 0.3 is 0 Å². The summed E-state index contributed by atoms with van der Waals surface area (Å²) in [5.74, 6) is 0.786. The molecule has 1 aromatic carbocycles. The number of hydrogen-bond acceptors (Lipinski definition) is 4. The van der Waals surface area contributed by atoms with Crippen molar-refractivity contribution in [3.05, 3.63) is 35.2 Å². The fraction of sp³-hybridized carbons (Fsp3) is 0.200. The predicted molar refractivity (Wildman–Crippen MR) is 65.7 cm³/mol. The molecule has 1 heterocycles. The molecule has 0 unspecified atom stereocenters. The van der Waals surface area contributed by atoms with Gasteiger partial charge in [-0.25, -0.2) is 0 Å². The Labute approximate surface area is 106 Å². The molecule has 1 aromatic heterocycles. The summed E-state index contributed by atoms with van der Waals surface area (Å²) in [5.41, 5.74) is 2.27. The predicted octanol–water partition coefficient (Wildman–Crippen LogP) is 2.35. The maximum absolute atomic E-state index is 11.4. The molecule has 0 saturated carbocycles. The van der Waals surface area contributed by atoms with Crippen molar-refractivity contribution in [3.63, 3.8) is 0 Å². The van der Waals surface area contributed by atoms with E-state index in [9.17, 15) is 5.21 Å². The van der Waals surface area contributed by atoms with E-state index >= 15 is 0 Å². The Hall–Kier alpha value is -1.14. The second-order valence-corrected chi connectivity index (χ2v) is 4.33. The number of alkyl halides is 1. The monoisotopic (exact) mass is 300 g/mol. The van der Waals surface area contributed by atoms with Crippen molar-refractivity contribution in [1.82, 2.24) is 4.37 Å². The van der Waals surface area contributed by atoms with Gasteiger partial charge in [0.15, 0.2) is 5.69 Å². The summed E-state index contributed by atoms with van der Waals surface area (Å²) in [6.07, 6.45) is 0. The van der Waals surface area contributed by atoms with Crippen molar-refractivity contribution in [2.24, 2.45) is 0 Å². The largest absolute Gasteiger partial charge is 0.700 e. The average Bonchev–Trinajstić information content (AvgIpc) is 2.70. The smallest absolute Gasteiger partial charge is 0.281 e. The van der Waals surface area contributed by atoms with Gasteiger partial charge in [0.25, 0.3) is 11.7 Å². The van der Waals surface area contributed by atoms with Crippen LogP contribution in [0.25, 0.3) is 11.3 Å². The Kier molecular flexibility index (Phi) is 3.40. The number of nitrogens with zero attached hydrogens (tertiary/aromatic N) is 2. The Balaban J connectivity index is 2.42. The van der Waals surface area contributed by atoms with Crippen LogP contribution in [-0.4, -0.2) is 11.5 Å².